The lowest BCUT2D eigenvalue weighted by Gasteiger charge is -2.10. The molecule has 0 saturated carbocycles. The zero-order valence-corrected chi connectivity index (χ0v) is 15.8. The van der Waals surface area contributed by atoms with Gasteiger partial charge in [0, 0.05) is 16.8 Å². The quantitative estimate of drug-likeness (QED) is 0.530. The van der Waals surface area contributed by atoms with Crippen molar-refractivity contribution in [3.05, 3.63) is 83.9 Å². The number of amides is 3. The number of carbonyl (C=O) groups excluding carboxylic acids is 3. The molecule has 0 unspecified atom stereocenters. The summed E-state index contributed by atoms with van der Waals surface area (Å²) in [5.41, 5.74) is 10.8. The molecule has 3 amide bonds. The van der Waals surface area contributed by atoms with Gasteiger partial charge in [-0.3, -0.25) is 14.4 Å². The van der Waals surface area contributed by atoms with E-state index in [4.69, 9.17) is 20.9 Å². The SMILES string of the molecule is NC(=O)c1cc(NC(=O)COc2ccc(Oc3ccccc3)cc2)cc(C(N)=O)c1. The third-order valence-corrected chi connectivity index (χ3v) is 3.96. The number of rotatable bonds is 8. The number of ether oxygens (including phenoxy) is 2. The van der Waals surface area contributed by atoms with Gasteiger partial charge in [-0.2, -0.15) is 0 Å². The van der Waals surface area contributed by atoms with Gasteiger partial charge in [0.15, 0.2) is 6.61 Å². The van der Waals surface area contributed by atoms with Crippen LogP contribution in [-0.2, 0) is 4.79 Å². The Kier molecular flexibility index (Phi) is 6.29. The molecule has 8 nitrogen and oxygen atoms in total. The first-order valence-corrected chi connectivity index (χ1v) is 8.91. The van der Waals surface area contributed by atoms with E-state index in [1.165, 1.54) is 18.2 Å². The maximum absolute atomic E-state index is 12.2. The molecule has 0 fully saturated rings. The normalized spacial score (nSPS) is 10.1. The van der Waals surface area contributed by atoms with Crippen LogP contribution >= 0.6 is 0 Å². The van der Waals surface area contributed by atoms with Gasteiger partial charge in [-0.1, -0.05) is 18.2 Å². The average Bonchev–Trinajstić information content (AvgIpc) is 2.73. The first-order valence-electron chi connectivity index (χ1n) is 8.91. The topological polar surface area (TPSA) is 134 Å². The Bertz CT molecular complexity index is 1030. The Morgan fingerprint density at radius 1 is 0.733 bits per heavy atom. The zero-order chi connectivity index (χ0) is 21.5. The Morgan fingerprint density at radius 3 is 1.83 bits per heavy atom. The van der Waals surface area contributed by atoms with Gasteiger partial charge in [0.1, 0.15) is 17.2 Å². The largest absolute Gasteiger partial charge is 0.484 e. The second-order valence-corrected chi connectivity index (χ2v) is 6.25. The summed E-state index contributed by atoms with van der Waals surface area (Å²) in [6, 6.07) is 20.1. The molecule has 3 aromatic rings. The molecule has 0 heterocycles. The van der Waals surface area contributed by atoms with E-state index in [0.717, 1.165) is 0 Å². The number of nitrogens with one attached hydrogen (secondary N) is 1. The van der Waals surface area contributed by atoms with Crippen LogP contribution in [0.2, 0.25) is 0 Å². The first kappa shape index (κ1) is 20.4. The van der Waals surface area contributed by atoms with Crippen molar-refractivity contribution >= 4 is 23.4 Å². The minimum atomic E-state index is -0.748. The Balaban J connectivity index is 1.58. The van der Waals surface area contributed by atoms with Gasteiger partial charge in [0.2, 0.25) is 11.8 Å². The third kappa shape index (κ3) is 5.59. The van der Waals surface area contributed by atoms with Crippen molar-refractivity contribution in [1.82, 2.24) is 0 Å². The number of anilines is 1. The monoisotopic (exact) mass is 405 g/mol. The summed E-state index contributed by atoms with van der Waals surface area (Å²) >= 11 is 0. The number of carbonyl (C=O) groups is 3. The van der Waals surface area contributed by atoms with Gasteiger partial charge in [-0.25, -0.2) is 0 Å². The van der Waals surface area contributed by atoms with Crippen LogP contribution in [0.4, 0.5) is 5.69 Å². The molecule has 0 atom stereocenters. The van der Waals surface area contributed by atoms with Gasteiger partial charge >= 0.3 is 0 Å². The lowest BCUT2D eigenvalue weighted by molar-refractivity contribution is -0.118. The van der Waals surface area contributed by atoms with Crippen molar-refractivity contribution in [2.45, 2.75) is 0 Å². The van der Waals surface area contributed by atoms with Crippen LogP contribution in [0.15, 0.2) is 72.8 Å². The molecule has 5 N–H and O–H groups in total. The van der Waals surface area contributed by atoms with E-state index in [0.29, 0.717) is 17.2 Å². The predicted molar refractivity (Wildman–Crippen MR) is 111 cm³/mol. The maximum Gasteiger partial charge on any atom is 0.262 e. The molecule has 30 heavy (non-hydrogen) atoms. The summed E-state index contributed by atoms with van der Waals surface area (Å²) in [6.07, 6.45) is 0. The molecule has 0 radical (unpaired) electrons. The number of para-hydroxylation sites is 1. The van der Waals surface area contributed by atoms with E-state index in [-0.39, 0.29) is 23.4 Å². The maximum atomic E-state index is 12.2. The van der Waals surface area contributed by atoms with E-state index in [1.807, 2.05) is 30.3 Å². The Morgan fingerprint density at radius 2 is 1.27 bits per heavy atom. The minimum Gasteiger partial charge on any atom is -0.484 e. The second kappa shape index (κ2) is 9.24. The van der Waals surface area contributed by atoms with Crippen LogP contribution in [0, 0.1) is 0 Å². The number of hydrogen-bond acceptors (Lipinski definition) is 5. The highest BCUT2D eigenvalue weighted by Gasteiger charge is 2.11. The van der Waals surface area contributed by atoms with Crippen molar-refractivity contribution in [2.75, 3.05) is 11.9 Å². The van der Waals surface area contributed by atoms with Crippen LogP contribution in [-0.4, -0.2) is 24.3 Å². The minimum absolute atomic E-state index is 0.0523. The van der Waals surface area contributed by atoms with Gasteiger partial charge < -0.3 is 26.3 Å². The molecule has 0 aromatic heterocycles. The molecule has 8 heteroatoms. The van der Waals surface area contributed by atoms with Crippen molar-refractivity contribution in [2.24, 2.45) is 11.5 Å². The lowest BCUT2D eigenvalue weighted by Crippen LogP contribution is -2.22. The number of nitrogens with two attached hydrogens (primary N) is 2. The van der Waals surface area contributed by atoms with Crippen LogP contribution in [0.3, 0.4) is 0 Å². The van der Waals surface area contributed by atoms with Crippen LogP contribution < -0.4 is 26.3 Å². The summed E-state index contributed by atoms with van der Waals surface area (Å²) in [7, 11) is 0. The highest BCUT2D eigenvalue weighted by atomic mass is 16.5. The predicted octanol–water partition coefficient (Wildman–Crippen LogP) is 2.69. The van der Waals surface area contributed by atoms with E-state index in [9.17, 15) is 14.4 Å². The van der Waals surface area contributed by atoms with E-state index < -0.39 is 17.7 Å². The average molecular weight is 405 g/mol. The first-order chi connectivity index (χ1) is 14.4. The summed E-state index contributed by atoms with van der Waals surface area (Å²) in [6.45, 7) is -0.286. The fraction of sp³-hybridized carbons (Fsp3) is 0.0455. The molecule has 152 valence electrons. The van der Waals surface area contributed by atoms with Crippen molar-refractivity contribution < 1.29 is 23.9 Å². The Hall–Kier alpha value is -4.33. The summed E-state index contributed by atoms with van der Waals surface area (Å²) in [4.78, 5) is 34.9. The molecule has 0 bridgehead atoms. The van der Waals surface area contributed by atoms with Crippen molar-refractivity contribution in [3.63, 3.8) is 0 Å². The number of primary amides is 2. The lowest BCUT2D eigenvalue weighted by atomic mass is 10.1. The molecule has 0 spiro atoms. The molecule has 0 aliphatic carbocycles. The van der Waals surface area contributed by atoms with Crippen LogP contribution in [0.5, 0.6) is 17.2 Å². The van der Waals surface area contributed by atoms with Crippen LogP contribution in [0.25, 0.3) is 0 Å². The van der Waals surface area contributed by atoms with E-state index >= 15 is 0 Å². The van der Waals surface area contributed by atoms with Gasteiger partial charge in [-0.05, 0) is 54.6 Å². The van der Waals surface area contributed by atoms with E-state index in [2.05, 4.69) is 5.32 Å². The molecule has 0 aliphatic heterocycles. The van der Waals surface area contributed by atoms with Crippen LogP contribution in [0.1, 0.15) is 20.7 Å². The molecule has 3 rings (SSSR count). The summed E-state index contributed by atoms with van der Waals surface area (Å²) < 4.78 is 11.1. The summed E-state index contributed by atoms with van der Waals surface area (Å²) in [5.74, 6) is -0.185. The molecular weight excluding hydrogens is 386 g/mol. The van der Waals surface area contributed by atoms with Crippen molar-refractivity contribution in [3.8, 4) is 17.2 Å². The number of benzene rings is 3. The Labute approximate surface area is 172 Å². The second-order valence-electron chi connectivity index (χ2n) is 6.25. The molecule has 3 aromatic carbocycles. The van der Waals surface area contributed by atoms with E-state index in [1.54, 1.807) is 24.3 Å². The fourth-order valence-electron chi connectivity index (χ4n) is 2.56. The molecule has 0 saturated heterocycles. The van der Waals surface area contributed by atoms with Crippen molar-refractivity contribution in [1.29, 1.82) is 0 Å². The highest BCUT2D eigenvalue weighted by molar-refractivity contribution is 6.01. The summed E-state index contributed by atoms with van der Waals surface area (Å²) in [5, 5.41) is 2.54. The smallest absolute Gasteiger partial charge is 0.262 e. The van der Waals surface area contributed by atoms with Gasteiger partial charge in [0.05, 0.1) is 0 Å². The van der Waals surface area contributed by atoms with Gasteiger partial charge in [-0.15, -0.1) is 0 Å². The third-order valence-electron chi connectivity index (χ3n) is 3.96. The van der Waals surface area contributed by atoms with Gasteiger partial charge in [0.25, 0.3) is 5.91 Å². The highest BCUT2D eigenvalue weighted by Crippen LogP contribution is 2.23. The standard InChI is InChI=1S/C22H19N3O5/c23-21(27)14-10-15(22(24)28)12-16(11-14)25-20(26)13-29-17-6-8-19(9-7-17)30-18-4-2-1-3-5-18/h1-12H,13H2,(H2,23,27)(H2,24,28)(H,25,26). The number of hydrogen-bond donors (Lipinski definition) is 3. The molecular formula is C22H19N3O5. The fourth-order valence-corrected chi connectivity index (χ4v) is 2.56. The zero-order valence-electron chi connectivity index (χ0n) is 15.8. The molecule has 0 aliphatic rings.